The fourth-order valence-electron chi connectivity index (χ4n) is 3.40. The van der Waals surface area contributed by atoms with Gasteiger partial charge < -0.3 is 14.6 Å². The number of aromatic nitrogens is 1. The number of likely N-dealkylation sites (tertiary alicyclic amines) is 1. The Hall–Kier alpha value is -2.70. The van der Waals surface area contributed by atoms with E-state index in [1.807, 2.05) is 0 Å². The van der Waals surface area contributed by atoms with Crippen LogP contribution in [-0.4, -0.2) is 34.8 Å². The summed E-state index contributed by atoms with van der Waals surface area (Å²) in [6.45, 7) is 3.22. The number of oxazole rings is 1. The van der Waals surface area contributed by atoms with Gasteiger partial charge in [-0.25, -0.2) is 9.37 Å². The van der Waals surface area contributed by atoms with Gasteiger partial charge in [0.05, 0.1) is 0 Å². The first-order valence-electron chi connectivity index (χ1n) is 9.24. The summed E-state index contributed by atoms with van der Waals surface area (Å²) in [4.78, 5) is 30.4. The third kappa shape index (κ3) is 4.93. The quantitative estimate of drug-likeness (QED) is 0.844. The van der Waals surface area contributed by atoms with Crippen LogP contribution in [0.2, 0.25) is 0 Å². The molecule has 1 aromatic carbocycles. The number of hydrogen-bond acceptors (Lipinski definition) is 4. The molecule has 0 spiro atoms. The van der Waals surface area contributed by atoms with E-state index in [9.17, 15) is 14.0 Å². The molecular formula is C20H24FN3O3. The van der Waals surface area contributed by atoms with Gasteiger partial charge in [-0.1, -0.05) is 18.2 Å². The molecule has 0 saturated carbocycles. The topological polar surface area (TPSA) is 75.4 Å². The molecule has 1 aliphatic rings. The van der Waals surface area contributed by atoms with Crippen molar-refractivity contribution in [3.8, 4) is 0 Å². The minimum Gasteiger partial charge on any atom is -0.448 e. The molecule has 3 rings (SSSR count). The van der Waals surface area contributed by atoms with Crippen LogP contribution in [0.4, 0.5) is 4.39 Å². The van der Waals surface area contributed by atoms with Crippen LogP contribution in [0.25, 0.3) is 0 Å². The summed E-state index contributed by atoms with van der Waals surface area (Å²) in [5.41, 5.74) is 0.835. The summed E-state index contributed by atoms with van der Waals surface area (Å²) >= 11 is 0. The van der Waals surface area contributed by atoms with Crippen LogP contribution in [0.1, 0.15) is 47.5 Å². The van der Waals surface area contributed by atoms with Crippen molar-refractivity contribution >= 4 is 11.8 Å². The van der Waals surface area contributed by atoms with Gasteiger partial charge in [0.25, 0.3) is 5.91 Å². The second-order valence-electron chi connectivity index (χ2n) is 6.92. The van der Waals surface area contributed by atoms with Crippen LogP contribution in [0.3, 0.4) is 0 Å². The summed E-state index contributed by atoms with van der Waals surface area (Å²) in [6.07, 6.45) is 4.24. The number of halogens is 1. The van der Waals surface area contributed by atoms with E-state index in [4.69, 9.17) is 4.42 Å². The van der Waals surface area contributed by atoms with Gasteiger partial charge in [-0.15, -0.1) is 0 Å². The van der Waals surface area contributed by atoms with Crippen LogP contribution in [0.15, 0.2) is 35.1 Å². The van der Waals surface area contributed by atoms with Gasteiger partial charge in [0.15, 0.2) is 12.1 Å². The molecule has 2 amide bonds. The average Bonchev–Trinajstić information content (AvgIpc) is 3.11. The number of carbonyl (C=O) groups excluding carboxylic acids is 2. The molecule has 1 fully saturated rings. The van der Waals surface area contributed by atoms with Crippen molar-refractivity contribution in [1.82, 2.24) is 15.2 Å². The van der Waals surface area contributed by atoms with E-state index < -0.39 is 0 Å². The lowest BCUT2D eigenvalue weighted by molar-refractivity contribution is -0.121. The van der Waals surface area contributed by atoms with Crippen LogP contribution >= 0.6 is 0 Å². The number of benzene rings is 1. The molecule has 0 radical (unpaired) electrons. The Morgan fingerprint density at radius 1 is 1.37 bits per heavy atom. The first kappa shape index (κ1) is 19.1. The van der Waals surface area contributed by atoms with E-state index in [1.54, 1.807) is 30.0 Å². The van der Waals surface area contributed by atoms with Crippen molar-refractivity contribution in [2.24, 2.45) is 5.92 Å². The summed E-state index contributed by atoms with van der Waals surface area (Å²) in [5.74, 6) is 0.259. The van der Waals surface area contributed by atoms with E-state index in [0.717, 1.165) is 12.8 Å². The SMILES string of the molecule is Cc1ocnc1C(=O)N1CCCC(CCC(=O)NCc2ccccc2F)C1. The molecule has 6 nitrogen and oxygen atoms in total. The fraction of sp³-hybridized carbons (Fsp3) is 0.450. The van der Waals surface area contributed by atoms with E-state index >= 15 is 0 Å². The fourth-order valence-corrected chi connectivity index (χ4v) is 3.40. The maximum Gasteiger partial charge on any atom is 0.276 e. The van der Waals surface area contributed by atoms with E-state index in [2.05, 4.69) is 10.3 Å². The molecule has 1 atom stereocenters. The molecule has 1 N–H and O–H groups in total. The number of hydrogen-bond donors (Lipinski definition) is 1. The molecule has 1 unspecified atom stereocenters. The number of rotatable bonds is 6. The van der Waals surface area contributed by atoms with E-state index in [1.165, 1.54) is 12.5 Å². The number of carbonyl (C=O) groups is 2. The summed E-state index contributed by atoms with van der Waals surface area (Å²) < 4.78 is 18.7. The van der Waals surface area contributed by atoms with Crippen LogP contribution in [-0.2, 0) is 11.3 Å². The van der Waals surface area contributed by atoms with Gasteiger partial charge in [0.1, 0.15) is 11.6 Å². The second kappa shape index (κ2) is 8.79. The Kier molecular flexibility index (Phi) is 6.21. The number of nitrogens with zero attached hydrogens (tertiary/aromatic N) is 2. The molecule has 0 bridgehead atoms. The lowest BCUT2D eigenvalue weighted by atomic mass is 9.93. The van der Waals surface area contributed by atoms with Gasteiger partial charge in [-0.05, 0) is 38.2 Å². The Labute approximate surface area is 157 Å². The highest BCUT2D eigenvalue weighted by molar-refractivity contribution is 5.93. The Balaban J connectivity index is 1.45. The maximum absolute atomic E-state index is 13.6. The summed E-state index contributed by atoms with van der Waals surface area (Å²) in [5, 5.41) is 2.76. The minimum absolute atomic E-state index is 0.103. The third-order valence-corrected chi connectivity index (χ3v) is 4.97. The smallest absolute Gasteiger partial charge is 0.276 e. The van der Waals surface area contributed by atoms with Gasteiger partial charge in [-0.3, -0.25) is 9.59 Å². The van der Waals surface area contributed by atoms with Crippen LogP contribution < -0.4 is 5.32 Å². The molecule has 0 aliphatic carbocycles. The van der Waals surface area contributed by atoms with Gasteiger partial charge in [0, 0.05) is 31.6 Å². The molecular weight excluding hydrogens is 349 g/mol. The molecule has 1 aliphatic heterocycles. The molecule has 1 saturated heterocycles. The van der Waals surface area contributed by atoms with Gasteiger partial charge >= 0.3 is 0 Å². The Bertz CT molecular complexity index is 805. The van der Waals surface area contributed by atoms with Crippen LogP contribution in [0.5, 0.6) is 0 Å². The number of aryl methyl sites for hydroxylation is 1. The molecule has 144 valence electrons. The zero-order chi connectivity index (χ0) is 19.2. The molecule has 2 aromatic rings. The highest BCUT2D eigenvalue weighted by atomic mass is 19.1. The summed E-state index contributed by atoms with van der Waals surface area (Å²) in [6, 6.07) is 6.41. The second-order valence-corrected chi connectivity index (χ2v) is 6.92. The Morgan fingerprint density at radius 2 is 2.19 bits per heavy atom. The first-order valence-corrected chi connectivity index (χ1v) is 9.24. The lowest BCUT2D eigenvalue weighted by Crippen LogP contribution is -2.40. The number of nitrogens with one attached hydrogen (secondary N) is 1. The van der Waals surface area contributed by atoms with Crippen molar-refractivity contribution in [3.05, 3.63) is 53.5 Å². The van der Waals surface area contributed by atoms with Crippen molar-refractivity contribution in [1.29, 1.82) is 0 Å². The lowest BCUT2D eigenvalue weighted by Gasteiger charge is -2.32. The Morgan fingerprint density at radius 3 is 2.93 bits per heavy atom. The third-order valence-electron chi connectivity index (χ3n) is 4.97. The molecule has 7 heteroatoms. The highest BCUT2D eigenvalue weighted by Gasteiger charge is 2.27. The number of amides is 2. The van der Waals surface area contributed by atoms with Crippen molar-refractivity contribution in [3.63, 3.8) is 0 Å². The molecule has 2 heterocycles. The van der Waals surface area contributed by atoms with Gasteiger partial charge in [-0.2, -0.15) is 0 Å². The summed E-state index contributed by atoms with van der Waals surface area (Å²) in [7, 11) is 0. The largest absolute Gasteiger partial charge is 0.448 e. The monoisotopic (exact) mass is 373 g/mol. The van der Waals surface area contributed by atoms with E-state index in [-0.39, 0.29) is 30.1 Å². The average molecular weight is 373 g/mol. The molecule has 1 aromatic heterocycles. The van der Waals surface area contributed by atoms with E-state index in [0.29, 0.717) is 42.9 Å². The predicted molar refractivity (Wildman–Crippen MR) is 97.3 cm³/mol. The maximum atomic E-state index is 13.6. The number of piperidine rings is 1. The zero-order valence-electron chi connectivity index (χ0n) is 15.4. The standard InChI is InChI=1S/C20H24FN3O3/c1-14-19(23-13-27-14)20(26)24-10-4-5-15(12-24)8-9-18(25)22-11-16-6-2-3-7-17(16)21/h2-3,6-7,13,15H,4-5,8-12H2,1H3,(H,22,25). The van der Waals surface area contributed by atoms with Crippen molar-refractivity contribution < 1.29 is 18.4 Å². The zero-order valence-corrected chi connectivity index (χ0v) is 15.4. The minimum atomic E-state index is -0.317. The first-order chi connectivity index (χ1) is 13.0. The molecule has 27 heavy (non-hydrogen) atoms. The van der Waals surface area contributed by atoms with Gasteiger partial charge in [0.2, 0.25) is 5.91 Å². The van der Waals surface area contributed by atoms with Crippen molar-refractivity contribution in [2.75, 3.05) is 13.1 Å². The van der Waals surface area contributed by atoms with Crippen molar-refractivity contribution in [2.45, 2.75) is 39.2 Å². The predicted octanol–water partition coefficient (Wildman–Crippen LogP) is 3.07. The van der Waals surface area contributed by atoms with Crippen LogP contribution in [0, 0.1) is 18.7 Å². The normalized spacial score (nSPS) is 17.0. The highest BCUT2D eigenvalue weighted by Crippen LogP contribution is 2.23.